The molecule has 0 heterocycles. The number of aryl methyl sites for hydroxylation is 2. The van der Waals surface area contributed by atoms with Crippen molar-refractivity contribution in [2.75, 3.05) is 6.54 Å². The number of benzene rings is 1. The van der Waals surface area contributed by atoms with Crippen LogP contribution in [0.5, 0.6) is 0 Å². The lowest BCUT2D eigenvalue weighted by Crippen LogP contribution is -2.02. The molecular formula is C13H19N. The van der Waals surface area contributed by atoms with Gasteiger partial charge >= 0.3 is 0 Å². The Bertz CT molecular complexity index is 311. The van der Waals surface area contributed by atoms with E-state index in [9.17, 15) is 0 Å². The maximum Gasteiger partial charge on any atom is 0.0140 e. The Balaban J connectivity index is 3.12. The largest absolute Gasteiger partial charge is 0.327 e. The van der Waals surface area contributed by atoms with Gasteiger partial charge in [-0.3, -0.25) is 0 Å². The van der Waals surface area contributed by atoms with E-state index >= 15 is 0 Å². The Morgan fingerprint density at radius 3 is 2.29 bits per heavy atom. The molecule has 0 amide bonds. The molecule has 0 aliphatic heterocycles. The van der Waals surface area contributed by atoms with Crippen molar-refractivity contribution in [3.63, 3.8) is 0 Å². The molecule has 0 aliphatic rings. The molecule has 0 aromatic heterocycles. The van der Waals surface area contributed by atoms with Crippen molar-refractivity contribution < 1.29 is 0 Å². The Kier molecular flexibility index (Phi) is 3.90. The standard InChI is InChI=1S/C13H19N/c1-4-12(9-14)8-13-10(2)6-5-7-11(13)3/h5-8H,4,9,14H2,1-3H3/b12-8-. The molecule has 0 radical (unpaired) electrons. The molecule has 0 bridgehead atoms. The van der Waals surface area contributed by atoms with Crippen LogP contribution in [0.15, 0.2) is 23.8 Å². The van der Waals surface area contributed by atoms with Crippen molar-refractivity contribution in [3.05, 3.63) is 40.5 Å². The van der Waals surface area contributed by atoms with Crippen LogP contribution in [-0.4, -0.2) is 6.54 Å². The van der Waals surface area contributed by atoms with Crippen LogP contribution in [0.4, 0.5) is 0 Å². The summed E-state index contributed by atoms with van der Waals surface area (Å²) in [7, 11) is 0. The summed E-state index contributed by atoms with van der Waals surface area (Å²) >= 11 is 0. The molecule has 0 spiro atoms. The van der Waals surface area contributed by atoms with Gasteiger partial charge in [-0.15, -0.1) is 0 Å². The van der Waals surface area contributed by atoms with E-state index in [2.05, 4.69) is 45.0 Å². The zero-order valence-electron chi connectivity index (χ0n) is 9.30. The second-order valence-corrected chi connectivity index (χ2v) is 3.67. The van der Waals surface area contributed by atoms with Crippen LogP contribution in [0.2, 0.25) is 0 Å². The molecule has 14 heavy (non-hydrogen) atoms. The normalized spacial score (nSPS) is 11.9. The number of hydrogen-bond acceptors (Lipinski definition) is 1. The summed E-state index contributed by atoms with van der Waals surface area (Å²) < 4.78 is 0. The van der Waals surface area contributed by atoms with Crippen LogP contribution in [-0.2, 0) is 0 Å². The molecule has 1 heteroatoms. The van der Waals surface area contributed by atoms with Crippen molar-refractivity contribution in [1.29, 1.82) is 0 Å². The lowest BCUT2D eigenvalue weighted by molar-refractivity contribution is 1.02. The maximum absolute atomic E-state index is 5.66. The molecule has 2 N–H and O–H groups in total. The summed E-state index contributed by atoms with van der Waals surface area (Å²) in [6, 6.07) is 6.38. The van der Waals surface area contributed by atoms with Gasteiger partial charge in [0, 0.05) is 6.54 Å². The second kappa shape index (κ2) is 4.97. The highest BCUT2D eigenvalue weighted by molar-refractivity contribution is 5.60. The predicted molar refractivity (Wildman–Crippen MR) is 63.2 cm³/mol. The first kappa shape index (κ1) is 11.0. The molecule has 0 saturated carbocycles. The van der Waals surface area contributed by atoms with Crippen molar-refractivity contribution in [3.8, 4) is 0 Å². The fourth-order valence-electron chi connectivity index (χ4n) is 1.56. The molecule has 1 aromatic carbocycles. The van der Waals surface area contributed by atoms with Crippen LogP contribution in [0.1, 0.15) is 30.0 Å². The van der Waals surface area contributed by atoms with Gasteiger partial charge in [-0.05, 0) is 37.0 Å². The molecule has 0 unspecified atom stereocenters. The lowest BCUT2D eigenvalue weighted by Gasteiger charge is -2.07. The zero-order valence-corrected chi connectivity index (χ0v) is 9.30. The third-order valence-corrected chi connectivity index (χ3v) is 2.61. The van der Waals surface area contributed by atoms with Crippen LogP contribution >= 0.6 is 0 Å². The smallest absolute Gasteiger partial charge is 0.0140 e. The molecule has 0 fully saturated rings. The maximum atomic E-state index is 5.66. The van der Waals surface area contributed by atoms with Gasteiger partial charge in [0.25, 0.3) is 0 Å². The molecular weight excluding hydrogens is 170 g/mol. The highest BCUT2D eigenvalue weighted by Gasteiger charge is 1.99. The molecule has 1 nitrogen and oxygen atoms in total. The highest BCUT2D eigenvalue weighted by Crippen LogP contribution is 2.17. The number of nitrogens with two attached hydrogens (primary N) is 1. The van der Waals surface area contributed by atoms with Crippen LogP contribution in [0.3, 0.4) is 0 Å². The van der Waals surface area contributed by atoms with E-state index in [-0.39, 0.29) is 0 Å². The SMILES string of the molecule is CC/C(=C/c1c(C)cccc1C)CN. The van der Waals surface area contributed by atoms with Crippen molar-refractivity contribution >= 4 is 6.08 Å². The van der Waals surface area contributed by atoms with E-state index in [1.807, 2.05) is 0 Å². The van der Waals surface area contributed by atoms with Gasteiger partial charge in [0.15, 0.2) is 0 Å². The quantitative estimate of drug-likeness (QED) is 0.777. The lowest BCUT2D eigenvalue weighted by atomic mass is 10.00. The van der Waals surface area contributed by atoms with Gasteiger partial charge in [0.1, 0.15) is 0 Å². The fraction of sp³-hybridized carbons (Fsp3) is 0.385. The number of rotatable bonds is 3. The Labute approximate surface area is 86.6 Å². The van der Waals surface area contributed by atoms with Crippen LogP contribution < -0.4 is 5.73 Å². The van der Waals surface area contributed by atoms with E-state index in [0.29, 0.717) is 6.54 Å². The van der Waals surface area contributed by atoms with Gasteiger partial charge in [-0.2, -0.15) is 0 Å². The third-order valence-electron chi connectivity index (χ3n) is 2.61. The first-order chi connectivity index (χ1) is 6.69. The fourth-order valence-corrected chi connectivity index (χ4v) is 1.56. The molecule has 0 atom stereocenters. The molecule has 1 rings (SSSR count). The predicted octanol–water partition coefficient (Wildman–Crippen LogP) is 3.06. The van der Waals surface area contributed by atoms with E-state index in [4.69, 9.17) is 5.73 Å². The molecule has 0 aliphatic carbocycles. The highest BCUT2D eigenvalue weighted by atomic mass is 14.5. The van der Waals surface area contributed by atoms with Crippen LogP contribution in [0, 0.1) is 13.8 Å². The van der Waals surface area contributed by atoms with Crippen molar-refractivity contribution in [2.24, 2.45) is 5.73 Å². The summed E-state index contributed by atoms with van der Waals surface area (Å²) in [5.41, 5.74) is 10.9. The van der Waals surface area contributed by atoms with Crippen molar-refractivity contribution in [1.82, 2.24) is 0 Å². The van der Waals surface area contributed by atoms with E-state index < -0.39 is 0 Å². The van der Waals surface area contributed by atoms with Gasteiger partial charge in [-0.25, -0.2) is 0 Å². The van der Waals surface area contributed by atoms with E-state index in [1.54, 1.807) is 0 Å². The van der Waals surface area contributed by atoms with Gasteiger partial charge < -0.3 is 5.73 Å². The van der Waals surface area contributed by atoms with E-state index in [1.165, 1.54) is 22.3 Å². The summed E-state index contributed by atoms with van der Waals surface area (Å²) in [6.07, 6.45) is 3.26. The average Bonchev–Trinajstić information content (AvgIpc) is 2.18. The minimum atomic E-state index is 0.657. The number of hydrogen-bond donors (Lipinski definition) is 1. The van der Waals surface area contributed by atoms with Crippen molar-refractivity contribution in [2.45, 2.75) is 27.2 Å². The second-order valence-electron chi connectivity index (χ2n) is 3.67. The van der Waals surface area contributed by atoms with Gasteiger partial charge in [-0.1, -0.05) is 36.8 Å². The third kappa shape index (κ3) is 2.46. The van der Waals surface area contributed by atoms with Gasteiger partial charge in [0.2, 0.25) is 0 Å². The molecule has 76 valence electrons. The molecule has 1 aromatic rings. The zero-order chi connectivity index (χ0) is 10.6. The first-order valence-electron chi connectivity index (χ1n) is 5.14. The summed E-state index contributed by atoms with van der Waals surface area (Å²) in [5, 5.41) is 0. The first-order valence-corrected chi connectivity index (χ1v) is 5.14. The summed E-state index contributed by atoms with van der Waals surface area (Å²) in [4.78, 5) is 0. The Hall–Kier alpha value is -1.08. The minimum Gasteiger partial charge on any atom is -0.327 e. The Morgan fingerprint density at radius 1 is 1.29 bits per heavy atom. The topological polar surface area (TPSA) is 26.0 Å². The monoisotopic (exact) mass is 189 g/mol. The van der Waals surface area contributed by atoms with Gasteiger partial charge in [0.05, 0.1) is 0 Å². The van der Waals surface area contributed by atoms with Crippen LogP contribution in [0.25, 0.3) is 6.08 Å². The summed E-state index contributed by atoms with van der Waals surface area (Å²) in [6.45, 7) is 7.09. The van der Waals surface area contributed by atoms with E-state index in [0.717, 1.165) is 6.42 Å². The summed E-state index contributed by atoms with van der Waals surface area (Å²) in [5.74, 6) is 0. The Morgan fingerprint density at radius 2 is 1.86 bits per heavy atom. The molecule has 0 saturated heterocycles. The minimum absolute atomic E-state index is 0.657. The average molecular weight is 189 g/mol.